The normalized spacial score (nSPS) is 15.7. The van der Waals surface area contributed by atoms with E-state index < -0.39 is 5.97 Å². The summed E-state index contributed by atoms with van der Waals surface area (Å²) in [6.07, 6.45) is 2.05. The van der Waals surface area contributed by atoms with Crippen molar-refractivity contribution in [3.05, 3.63) is 39.2 Å². The smallest absolute Gasteiger partial charge is 0.303 e. The van der Waals surface area contributed by atoms with E-state index in [1.807, 2.05) is 24.3 Å². The van der Waals surface area contributed by atoms with Gasteiger partial charge in [0.05, 0.1) is 4.91 Å². The Labute approximate surface area is 162 Å². The number of benzene rings is 1. The van der Waals surface area contributed by atoms with Gasteiger partial charge >= 0.3 is 5.97 Å². The second kappa shape index (κ2) is 9.12. The summed E-state index contributed by atoms with van der Waals surface area (Å²) >= 11 is 9.69. The first-order valence-electron chi connectivity index (χ1n) is 7.36. The number of halogens is 1. The first-order chi connectivity index (χ1) is 11.9. The summed E-state index contributed by atoms with van der Waals surface area (Å²) < 4.78 is 1.27. The van der Waals surface area contributed by atoms with Crippen molar-refractivity contribution in [3.63, 3.8) is 0 Å². The van der Waals surface area contributed by atoms with Gasteiger partial charge in [0, 0.05) is 17.4 Å². The minimum Gasteiger partial charge on any atom is -0.481 e. The van der Waals surface area contributed by atoms with E-state index in [-0.39, 0.29) is 31.3 Å². The summed E-state index contributed by atoms with van der Waals surface area (Å²) in [4.78, 5) is 36.4. The van der Waals surface area contributed by atoms with Crippen LogP contribution in [0.5, 0.6) is 0 Å². The summed E-state index contributed by atoms with van der Waals surface area (Å²) in [6, 6.07) is 7.48. The van der Waals surface area contributed by atoms with Gasteiger partial charge in [-0.3, -0.25) is 19.3 Å². The van der Waals surface area contributed by atoms with Gasteiger partial charge in [-0.05, 0) is 30.2 Å². The van der Waals surface area contributed by atoms with Crippen LogP contribution in [0.1, 0.15) is 18.4 Å². The third-order valence-corrected chi connectivity index (χ3v) is 5.14. The van der Waals surface area contributed by atoms with E-state index in [1.165, 1.54) is 4.90 Å². The highest BCUT2D eigenvalue weighted by atomic mass is 79.9. The number of amides is 2. The molecule has 9 heteroatoms. The zero-order chi connectivity index (χ0) is 18.4. The van der Waals surface area contributed by atoms with Crippen LogP contribution >= 0.6 is 39.9 Å². The van der Waals surface area contributed by atoms with Gasteiger partial charge in [0.25, 0.3) is 5.91 Å². The number of carbonyl (C=O) groups excluding carboxylic acids is 2. The van der Waals surface area contributed by atoms with E-state index in [2.05, 4.69) is 21.2 Å². The molecule has 0 saturated carbocycles. The lowest BCUT2D eigenvalue weighted by Gasteiger charge is -2.13. The number of carboxylic acid groups (broad SMARTS) is 1. The molecule has 2 amide bonds. The molecule has 0 aliphatic carbocycles. The Bertz CT molecular complexity index is 734. The maximum absolute atomic E-state index is 12.4. The fourth-order valence-electron chi connectivity index (χ4n) is 2.01. The predicted octanol–water partition coefficient (Wildman–Crippen LogP) is 2.63. The minimum absolute atomic E-state index is 0.0166. The zero-order valence-electron chi connectivity index (χ0n) is 13.0. The number of thioether (sulfide) groups is 1. The first kappa shape index (κ1) is 19.6. The Morgan fingerprint density at radius 1 is 1.32 bits per heavy atom. The molecule has 1 fully saturated rings. The molecule has 6 nitrogen and oxygen atoms in total. The SMILES string of the molecule is O=C(O)CCCNC(=O)CN1C(=O)/C(=C/c2ccc(Br)cc2)SC1=S. The van der Waals surface area contributed by atoms with Gasteiger partial charge in [-0.15, -0.1) is 0 Å². The largest absolute Gasteiger partial charge is 0.481 e. The average Bonchev–Trinajstić information content (AvgIpc) is 2.81. The van der Waals surface area contributed by atoms with Crippen molar-refractivity contribution in [3.8, 4) is 0 Å². The average molecular weight is 443 g/mol. The Morgan fingerprint density at radius 2 is 2.00 bits per heavy atom. The quantitative estimate of drug-likeness (QED) is 0.383. The van der Waals surface area contributed by atoms with E-state index in [0.717, 1.165) is 21.8 Å². The first-order valence-corrected chi connectivity index (χ1v) is 9.38. The molecule has 1 heterocycles. The molecule has 0 spiro atoms. The highest BCUT2D eigenvalue weighted by Gasteiger charge is 2.33. The van der Waals surface area contributed by atoms with Crippen molar-refractivity contribution in [1.29, 1.82) is 0 Å². The minimum atomic E-state index is -0.913. The van der Waals surface area contributed by atoms with Gasteiger partial charge in [-0.2, -0.15) is 0 Å². The third kappa shape index (κ3) is 5.94. The summed E-state index contributed by atoms with van der Waals surface area (Å²) in [5, 5.41) is 11.1. The maximum atomic E-state index is 12.4. The van der Waals surface area contributed by atoms with Crippen LogP contribution in [0.15, 0.2) is 33.6 Å². The summed E-state index contributed by atoms with van der Waals surface area (Å²) in [5.41, 5.74) is 0.863. The fourth-order valence-corrected chi connectivity index (χ4v) is 3.53. The van der Waals surface area contributed by atoms with E-state index in [4.69, 9.17) is 17.3 Å². The lowest BCUT2D eigenvalue weighted by atomic mass is 10.2. The van der Waals surface area contributed by atoms with Gasteiger partial charge in [0.2, 0.25) is 5.91 Å². The summed E-state index contributed by atoms with van der Waals surface area (Å²) in [5.74, 6) is -1.59. The Balaban J connectivity index is 1.93. The number of carboxylic acids is 1. The third-order valence-electron chi connectivity index (χ3n) is 3.23. The van der Waals surface area contributed by atoms with Crippen LogP contribution in [0.25, 0.3) is 6.08 Å². The zero-order valence-corrected chi connectivity index (χ0v) is 16.2. The predicted molar refractivity (Wildman–Crippen MR) is 104 cm³/mol. The fraction of sp³-hybridized carbons (Fsp3) is 0.250. The number of nitrogens with zero attached hydrogens (tertiary/aromatic N) is 1. The molecule has 0 unspecified atom stereocenters. The van der Waals surface area contributed by atoms with Crippen molar-refractivity contribution < 1.29 is 19.5 Å². The molecular weight excluding hydrogens is 428 g/mol. The molecule has 0 radical (unpaired) electrons. The topological polar surface area (TPSA) is 86.7 Å². The number of carbonyl (C=O) groups is 3. The van der Waals surface area contributed by atoms with Crippen LogP contribution in [0.2, 0.25) is 0 Å². The Morgan fingerprint density at radius 3 is 2.64 bits per heavy atom. The molecule has 25 heavy (non-hydrogen) atoms. The molecular formula is C16H15BrN2O4S2. The van der Waals surface area contributed by atoms with Crippen LogP contribution in [-0.2, 0) is 14.4 Å². The standard InChI is InChI=1S/C16H15BrN2O4S2/c17-11-5-3-10(4-6-11)8-12-15(23)19(16(24)25-12)9-13(20)18-7-1-2-14(21)22/h3-6,8H,1-2,7,9H2,(H,18,20)(H,21,22)/b12-8-. The van der Waals surface area contributed by atoms with E-state index in [1.54, 1.807) is 6.08 Å². The molecule has 2 rings (SSSR count). The van der Waals surface area contributed by atoms with E-state index in [9.17, 15) is 14.4 Å². The molecule has 2 N–H and O–H groups in total. The van der Waals surface area contributed by atoms with Gasteiger partial charge < -0.3 is 10.4 Å². The van der Waals surface area contributed by atoms with Crippen LogP contribution in [0, 0.1) is 0 Å². The van der Waals surface area contributed by atoms with E-state index in [0.29, 0.717) is 15.6 Å². The van der Waals surface area contributed by atoms with E-state index >= 15 is 0 Å². The van der Waals surface area contributed by atoms with Crippen molar-refractivity contribution in [2.24, 2.45) is 0 Å². The van der Waals surface area contributed by atoms with Crippen LogP contribution < -0.4 is 5.32 Å². The van der Waals surface area contributed by atoms with Crippen LogP contribution in [-0.4, -0.2) is 45.2 Å². The lowest BCUT2D eigenvalue weighted by molar-refractivity contribution is -0.137. The molecule has 1 aliphatic heterocycles. The second-order valence-corrected chi connectivity index (χ2v) is 7.76. The number of rotatable bonds is 7. The molecule has 0 atom stereocenters. The lowest BCUT2D eigenvalue weighted by Crippen LogP contribution is -2.39. The van der Waals surface area contributed by atoms with Crippen molar-refractivity contribution in [2.75, 3.05) is 13.1 Å². The van der Waals surface area contributed by atoms with Gasteiger partial charge in [0.15, 0.2) is 0 Å². The number of thiocarbonyl (C=S) groups is 1. The Kier molecular flexibility index (Phi) is 7.15. The summed E-state index contributed by atoms with van der Waals surface area (Å²) in [7, 11) is 0. The summed E-state index contributed by atoms with van der Waals surface area (Å²) in [6.45, 7) is 0.0735. The van der Waals surface area contributed by atoms with Crippen LogP contribution in [0.3, 0.4) is 0 Å². The number of aliphatic carboxylic acids is 1. The van der Waals surface area contributed by atoms with Gasteiger partial charge in [0.1, 0.15) is 10.9 Å². The molecule has 0 bridgehead atoms. The highest BCUT2D eigenvalue weighted by molar-refractivity contribution is 9.10. The Hall–Kier alpha value is -1.71. The molecule has 1 aliphatic rings. The van der Waals surface area contributed by atoms with Crippen LogP contribution in [0.4, 0.5) is 0 Å². The van der Waals surface area contributed by atoms with Gasteiger partial charge in [-0.1, -0.05) is 52.0 Å². The number of hydrogen-bond donors (Lipinski definition) is 2. The molecule has 1 saturated heterocycles. The molecule has 0 aromatic heterocycles. The second-order valence-electron chi connectivity index (χ2n) is 5.17. The van der Waals surface area contributed by atoms with Gasteiger partial charge in [-0.25, -0.2) is 0 Å². The maximum Gasteiger partial charge on any atom is 0.303 e. The highest BCUT2D eigenvalue weighted by Crippen LogP contribution is 2.32. The monoisotopic (exact) mass is 442 g/mol. The molecule has 132 valence electrons. The number of hydrogen-bond acceptors (Lipinski definition) is 5. The van der Waals surface area contributed by atoms with Crippen molar-refractivity contribution in [1.82, 2.24) is 10.2 Å². The van der Waals surface area contributed by atoms with Crippen molar-refractivity contribution >= 4 is 68.1 Å². The molecule has 1 aromatic rings. The van der Waals surface area contributed by atoms with Crippen molar-refractivity contribution in [2.45, 2.75) is 12.8 Å². The molecule has 1 aromatic carbocycles. The number of nitrogens with one attached hydrogen (secondary N) is 1.